The number of fused-ring (bicyclic) bond motifs is 11. The predicted molar refractivity (Wildman–Crippen MR) is 537 cm³/mol. The van der Waals surface area contributed by atoms with Crippen molar-refractivity contribution < 1.29 is 67.3 Å². The fourth-order valence-electron chi connectivity index (χ4n) is 21.3. The molecule has 0 amide bonds. The van der Waals surface area contributed by atoms with Crippen molar-refractivity contribution in [2.45, 2.75) is 213 Å². The van der Waals surface area contributed by atoms with E-state index in [0.717, 1.165) is 19.4 Å². The zero-order chi connectivity index (χ0) is 83.0. The summed E-state index contributed by atoms with van der Waals surface area (Å²) in [4.78, 5) is 0. The predicted octanol–water partition coefficient (Wildman–Crippen LogP) is 36.9. The molecule has 8 aromatic rings. The van der Waals surface area contributed by atoms with E-state index in [4.69, 9.17) is 55.8 Å². The number of hydrogen-bond acceptors (Lipinski definition) is 1. The van der Waals surface area contributed by atoms with E-state index in [1.54, 1.807) is 22.3 Å². The number of rotatable bonds is 18. The molecule has 0 heterocycles. The van der Waals surface area contributed by atoms with Crippen molar-refractivity contribution in [2.24, 2.45) is 39.4 Å². The number of unbranched alkanes of at least 4 members (excludes halogenated alkanes) is 3. The molecule has 2 saturated carbocycles. The first-order valence-electron chi connectivity index (χ1n) is 43.2. The fraction of sp³-hybridized carbons (Fsp3) is 0.363. The van der Waals surface area contributed by atoms with Crippen LogP contribution in [0.5, 0.6) is 0 Å². The van der Waals surface area contributed by atoms with Crippen LogP contribution in [0.25, 0.3) is 45.5 Å². The monoisotopic (exact) mass is 1990 g/mol. The molecule has 2 fully saturated rings. The summed E-state index contributed by atoms with van der Waals surface area (Å²) in [5.41, 5.74) is 27.6. The molecule has 1 nitrogen and oxygen atoms in total. The van der Waals surface area contributed by atoms with Crippen LogP contribution in [0.15, 0.2) is 291 Å². The number of benzene rings is 8. The van der Waals surface area contributed by atoms with Gasteiger partial charge in [-0.05, 0) is 189 Å². The molecule has 0 N–H and O–H groups in total. The maximum absolute atomic E-state index is 5.81. The van der Waals surface area contributed by atoms with E-state index in [0.29, 0.717) is 58.2 Å². The average Bonchev–Trinajstić information content (AvgIpc) is 1.58. The Bertz CT molecular complexity index is 4640. The van der Waals surface area contributed by atoms with Gasteiger partial charge in [0.1, 0.15) is 0 Å². The molecule has 10 aliphatic carbocycles. The van der Waals surface area contributed by atoms with Crippen LogP contribution in [0.1, 0.15) is 263 Å². The van der Waals surface area contributed by atoms with Crippen LogP contribution in [0.3, 0.4) is 0 Å². The van der Waals surface area contributed by atoms with Crippen molar-refractivity contribution in [1.82, 2.24) is 0 Å². The molecule has 0 bridgehead atoms. The summed E-state index contributed by atoms with van der Waals surface area (Å²) in [6, 6.07) is 72.2. The topological polar surface area (TPSA) is 9.23 Å². The fourth-order valence-corrected chi connectivity index (χ4v) is 21.3. The van der Waals surface area contributed by atoms with Gasteiger partial charge in [0.25, 0.3) is 0 Å². The Morgan fingerprint density at radius 1 is 0.374 bits per heavy atom. The Balaban J connectivity index is 0.000000275. The second-order valence-corrected chi connectivity index (χ2v) is 46.6. The van der Waals surface area contributed by atoms with E-state index in [1.807, 2.05) is 6.08 Å². The molecular formula is C113H140Cl6OZr3. The summed E-state index contributed by atoms with van der Waals surface area (Å²) >= 11 is -2.48. The van der Waals surface area contributed by atoms with E-state index < -0.39 is 62.5 Å². The van der Waals surface area contributed by atoms with Gasteiger partial charge < -0.3 is 49.3 Å². The van der Waals surface area contributed by atoms with Crippen molar-refractivity contribution in [3.8, 4) is 33.4 Å². The van der Waals surface area contributed by atoms with Crippen LogP contribution < -0.4 is 0 Å². The van der Waals surface area contributed by atoms with Crippen LogP contribution >= 0.6 is 51.1 Å². The molecule has 0 radical (unpaired) electrons. The van der Waals surface area contributed by atoms with E-state index in [9.17, 15) is 0 Å². The molecule has 4 unspecified atom stereocenters. The van der Waals surface area contributed by atoms with Crippen molar-refractivity contribution in [3.63, 3.8) is 0 Å². The molecule has 0 aromatic heterocycles. The molecule has 652 valence electrons. The van der Waals surface area contributed by atoms with Crippen LogP contribution in [0, 0.1) is 84.0 Å². The molecule has 123 heavy (non-hydrogen) atoms. The second kappa shape index (κ2) is 53.2. The van der Waals surface area contributed by atoms with Crippen LogP contribution in [0.2, 0.25) is 0 Å². The summed E-state index contributed by atoms with van der Waals surface area (Å²) in [6.07, 6.45) is 59.0. The maximum atomic E-state index is 5.81. The third-order valence-corrected chi connectivity index (χ3v) is 26.5. The molecule has 4 atom stereocenters. The van der Waals surface area contributed by atoms with Crippen LogP contribution in [0.4, 0.5) is 0 Å². The number of allylic oxidation sites excluding steroid dienone is 15. The summed E-state index contributed by atoms with van der Waals surface area (Å²) in [5, 5.41) is 0. The van der Waals surface area contributed by atoms with Gasteiger partial charge in [0.05, 0.1) is 5.60 Å². The van der Waals surface area contributed by atoms with Gasteiger partial charge in [-0.1, -0.05) is 396 Å². The molecule has 8 aromatic carbocycles. The Morgan fingerprint density at radius 2 is 0.707 bits per heavy atom. The molecular weight excluding hydrogens is 1860 g/mol. The number of ether oxygens (including phenoxy) is 1. The van der Waals surface area contributed by atoms with Crippen LogP contribution in [-0.2, 0) is 67.3 Å². The Kier molecular flexibility index (Phi) is 47.3. The molecule has 0 spiro atoms. The summed E-state index contributed by atoms with van der Waals surface area (Å²) in [7, 11) is 29.6. The average molecular weight is 2000 g/mol. The quantitative estimate of drug-likeness (QED) is 0.0473. The van der Waals surface area contributed by atoms with Crippen molar-refractivity contribution in [1.29, 1.82) is 0 Å². The number of halogens is 6. The third kappa shape index (κ3) is 26.1. The first kappa shape index (κ1) is 109. The van der Waals surface area contributed by atoms with E-state index in [-0.39, 0.29) is 61.0 Å². The summed E-state index contributed by atoms with van der Waals surface area (Å²) < 4.78 is 5.81. The number of hydrogen-bond donors (Lipinski definition) is 0. The van der Waals surface area contributed by atoms with E-state index in [1.165, 1.54) is 181 Å². The van der Waals surface area contributed by atoms with Gasteiger partial charge in [-0.3, -0.25) is 0 Å². The normalized spacial score (nSPS) is 18.3. The van der Waals surface area contributed by atoms with E-state index in [2.05, 4.69) is 348 Å². The minimum absolute atomic E-state index is 0. The van der Waals surface area contributed by atoms with Gasteiger partial charge in [0.15, 0.2) is 0 Å². The first-order valence-corrected chi connectivity index (χ1v) is 62.2. The molecule has 10 heteroatoms. The Morgan fingerprint density at radius 3 is 1.11 bits per heavy atom. The summed E-state index contributed by atoms with van der Waals surface area (Å²) in [6.45, 7) is 25.2. The van der Waals surface area contributed by atoms with Crippen LogP contribution in [-0.4, -0.2) is 12.2 Å². The second-order valence-electron chi connectivity index (χ2n) is 35.4. The van der Waals surface area contributed by atoms with Gasteiger partial charge in [-0.2, -0.15) is 0 Å². The Labute approximate surface area is 805 Å². The van der Waals surface area contributed by atoms with Gasteiger partial charge in [0, 0.05) is 54.0 Å². The zero-order valence-corrected chi connectivity index (χ0v) is 88.5. The van der Waals surface area contributed by atoms with Gasteiger partial charge in [0.2, 0.25) is 0 Å². The van der Waals surface area contributed by atoms with E-state index >= 15 is 0 Å². The van der Waals surface area contributed by atoms with Crippen molar-refractivity contribution >= 4 is 63.2 Å². The molecule has 0 saturated heterocycles. The third-order valence-electron chi connectivity index (χ3n) is 26.5. The first-order chi connectivity index (χ1) is 56.8. The summed E-state index contributed by atoms with van der Waals surface area (Å²) in [5.74, 6) is 4.07. The molecule has 18 rings (SSSR count). The van der Waals surface area contributed by atoms with Gasteiger partial charge in [-0.15, -0.1) is 6.58 Å². The SMILES string of the molecule is C1=CC(C2(C3c4ccccc4-c4ccccc43)CCCCC2)C=C1.C=CCCC1=CC(C2(C3c4ccccc4-c4ccccc43)CCCCC2)C=C1.CC(C)(C)OCCCCCCC1=CC(C(C)(C)C2C=Cc3ccccc32)C=C1.CC(C)(C1C=Cc2ccccc21)C1c2ccccc2-c2ccccc21.CCC.[CH3-].[CH3-].[CH3-].[CH3-].[CH3-].[CH3-].[Cl][Zr+2][Cl].[Cl][Zr+2][Cl].[Cl][Zr+2][Cl]. The van der Waals surface area contributed by atoms with Gasteiger partial charge in [-0.25, -0.2) is 0 Å². The standard InChI is InChI=1S/C28H30.C27H38O.C25H22.C24H24.C3H8.6CH3.6ClH.3Zr/c1-2-3-11-21-16-17-22(20-21)28(18-9-4-10-19-28)27-25-14-7-5-12-23(25)24-13-6-8-15-26(24)27;1-26(2,3)28-19-11-7-6-8-12-21-15-17-23(20-21)27(4,5)25-18-16-22-13-9-10-14-24(22)25;1-25(2,23-16-15-17-9-3-4-10-18(17)23)24-21-13-7-5-11-19(21)20-12-6-8-14-22(20)24;1-8-16-24(17-9-1,18-10-2-3-11-18)23-21-14-6-4-12-19(21)20-13-5-7-15-22(20)23;1-3-2;;;;;;;;;;;;;;;/h2,5-8,12-17,20,22,27H,1,3-4,9-11,18-19H2;9-10,13-18,20,23,25H,6-8,11-12,19H2,1-5H3;3-16,23-24H,1-2H3;2-7,10-15,18,23H,1,8-9,16-17H2;3H2,1-2H3;6*1H3;6*1H;;;/q;;;;;6*-1;;;;;;;3*+4/p-6. The minimum atomic E-state index is -0.826. The Hall–Kier alpha value is -4.23. The zero-order valence-electron chi connectivity index (χ0n) is 76.6. The van der Waals surface area contributed by atoms with Crippen molar-refractivity contribution in [3.05, 3.63) is 391 Å². The molecule has 10 aliphatic rings. The van der Waals surface area contributed by atoms with Gasteiger partial charge >= 0.3 is 114 Å². The molecule has 0 aliphatic heterocycles. The van der Waals surface area contributed by atoms with Crippen molar-refractivity contribution in [2.75, 3.05) is 6.61 Å².